The minimum atomic E-state index is -1.01. The summed E-state index contributed by atoms with van der Waals surface area (Å²) in [5.41, 5.74) is -1.01. The van der Waals surface area contributed by atoms with Crippen molar-refractivity contribution < 1.29 is 19.1 Å². The highest BCUT2D eigenvalue weighted by Crippen LogP contribution is 2.56. The lowest BCUT2D eigenvalue weighted by atomic mass is 9.74. The highest BCUT2D eigenvalue weighted by molar-refractivity contribution is 6.00. The molecule has 6 rings (SSSR count). The highest BCUT2D eigenvalue weighted by atomic mass is 16.5. The SMILES string of the molecule is O=C(NC1CCCC1)[C@H]1[C@H]2C(=O)N(C3CCCC3)[C@H](C(=O)NC3CCCC3)[C@]23C=C[C@H]1O3. The van der Waals surface area contributed by atoms with Crippen LogP contribution in [0.2, 0.25) is 0 Å². The maximum Gasteiger partial charge on any atom is 0.246 e. The first-order chi connectivity index (χ1) is 15.6. The molecule has 6 aliphatic rings. The van der Waals surface area contributed by atoms with Crippen molar-refractivity contribution in [2.45, 2.75) is 113 Å². The fourth-order valence-corrected chi connectivity index (χ4v) is 7.50. The molecule has 5 atom stereocenters. The molecule has 0 unspecified atom stereocenters. The third-order valence-electron chi connectivity index (χ3n) is 8.98. The van der Waals surface area contributed by atoms with Crippen molar-refractivity contribution in [2.24, 2.45) is 11.8 Å². The van der Waals surface area contributed by atoms with Crippen LogP contribution in [0.4, 0.5) is 0 Å². The first-order valence-corrected chi connectivity index (χ1v) is 12.9. The summed E-state index contributed by atoms with van der Waals surface area (Å²) in [6, 6.07) is -0.224. The molecule has 3 amide bonds. The quantitative estimate of drug-likeness (QED) is 0.641. The second-order valence-electron chi connectivity index (χ2n) is 10.9. The molecule has 2 saturated heterocycles. The Hall–Kier alpha value is -1.89. The van der Waals surface area contributed by atoms with E-state index in [1.54, 1.807) is 0 Å². The third kappa shape index (κ3) is 3.06. The van der Waals surface area contributed by atoms with Crippen LogP contribution in [0.5, 0.6) is 0 Å². The van der Waals surface area contributed by atoms with Gasteiger partial charge in [-0.05, 0) is 38.5 Å². The monoisotopic (exact) mass is 441 g/mol. The van der Waals surface area contributed by atoms with Gasteiger partial charge in [-0.25, -0.2) is 0 Å². The molecule has 7 nitrogen and oxygen atoms in total. The van der Waals surface area contributed by atoms with Crippen molar-refractivity contribution in [1.29, 1.82) is 0 Å². The number of rotatable bonds is 5. The largest absolute Gasteiger partial charge is 0.359 e. The molecule has 3 aliphatic heterocycles. The lowest BCUT2D eigenvalue weighted by Crippen LogP contribution is -2.57. The number of nitrogens with zero attached hydrogens (tertiary/aromatic N) is 1. The first-order valence-electron chi connectivity index (χ1n) is 12.9. The van der Waals surface area contributed by atoms with E-state index in [-0.39, 0.29) is 35.8 Å². The third-order valence-corrected chi connectivity index (χ3v) is 8.98. The molecule has 0 radical (unpaired) electrons. The molecule has 0 aromatic heterocycles. The summed E-state index contributed by atoms with van der Waals surface area (Å²) >= 11 is 0. The summed E-state index contributed by atoms with van der Waals surface area (Å²) in [7, 11) is 0. The van der Waals surface area contributed by atoms with Crippen molar-refractivity contribution in [3.05, 3.63) is 12.2 Å². The Morgan fingerprint density at radius 2 is 1.44 bits per heavy atom. The van der Waals surface area contributed by atoms with Crippen molar-refractivity contribution >= 4 is 17.7 Å². The molecule has 0 aromatic carbocycles. The van der Waals surface area contributed by atoms with Gasteiger partial charge in [-0.15, -0.1) is 0 Å². The van der Waals surface area contributed by atoms with Crippen LogP contribution >= 0.6 is 0 Å². The maximum absolute atomic E-state index is 13.9. The second kappa shape index (κ2) is 7.86. The van der Waals surface area contributed by atoms with Gasteiger partial charge in [-0.3, -0.25) is 14.4 Å². The molecule has 3 heterocycles. The zero-order valence-electron chi connectivity index (χ0n) is 18.8. The minimum Gasteiger partial charge on any atom is -0.359 e. The van der Waals surface area contributed by atoms with Crippen molar-refractivity contribution in [1.82, 2.24) is 15.5 Å². The van der Waals surface area contributed by atoms with Crippen LogP contribution in [0.25, 0.3) is 0 Å². The number of carbonyl (C=O) groups excluding carboxylic acids is 3. The Labute approximate surface area is 189 Å². The van der Waals surface area contributed by atoms with Crippen LogP contribution in [0.1, 0.15) is 77.0 Å². The lowest BCUT2D eigenvalue weighted by Gasteiger charge is -2.36. The average molecular weight is 442 g/mol. The fraction of sp³-hybridized carbons (Fsp3) is 0.800. The number of nitrogens with one attached hydrogen (secondary N) is 2. The van der Waals surface area contributed by atoms with E-state index in [1.165, 1.54) is 0 Å². The van der Waals surface area contributed by atoms with Crippen LogP contribution in [0.15, 0.2) is 12.2 Å². The van der Waals surface area contributed by atoms with Crippen LogP contribution in [-0.2, 0) is 19.1 Å². The number of hydrogen-bond donors (Lipinski definition) is 2. The van der Waals surface area contributed by atoms with Gasteiger partial charge in [-0.1, -0.05) is 50.7 Å². The average Bonchev–Trinajstić information content (AvgIpc) is 3.58. The van der Waals surface area contributed by atoms with E-state index in [9.17, 15) is 14.4 Å². The molecule has 2 N–H and O–H groups in total. The molecule has 3 saturated carbocycles. The molecule has 32 heavy (non-hydrogen) atoms. The van der Waals surface area contributed by atoms with E-state index >= 15 is 0 Å². The number of carbonyl (C=O) groups is 3. The zero-order chi connectivity index (χ0) is 21.9. The highest BCUT2D eigenvalue weighted by Gasteiger charge is 2.73. The standard InChI is InChI=1S/C25H35N3O4/c29-22(26-15-7-1-2-8-15)19-18-13-14-25(32-18)20(19)24(31)28(17-11-5-6-12-17)21(25)23(30)27-16-9-3-4-10-16/h13-21H,1-12H2,(H,26,29)(H,27,30)/t18-,19-,20+,21-,25+/m1/s1. The predicted octanol–water partition coefficient (Wildman–Crippen LogP) is 2.20. The van der Waals surface area contributed by atoms with E-state index in [0.29, 0.717) is 0 Å². The fourth-order valence-electron chi connectivity index (χ4n) is 7.50. The molecule has 0 aromatic rings. The smallest absolute Gasteiger partial charge is 0.246 e. The van der Waals surface area contributed by atoms with E-state index in [0.717, 1.165) is 77.0 Å². The lowest BCUT2D eigenvalue weighted by molar-refractivity contribution is -0.144. The topological polar surface area (TPSA) is 87.7 Å². The van der Waals surface area contributed by atoms with E-state index in [2.05, 4.69) is 10.6 Å². The number of amides is 3. The van der Waals surface area contributed by atoms with Gasteiger partial charge in [0.05, 0.1) is 17.9 Å². The molecular formula is C25H35N3O4. The molecule has 174 valence electrons. The summed E-state index contributed by atoms with van der Waals surface area (Å²) in [5, 5.41) is 6.44. The summed E-state index contributed by atoms with van der Waals surface area (Å²) in [4.78, 5) is 42.8. The van der Waals surface area contributed by atoms with E-state index in [1.807, 2.05) is 17.1 Å². The van der Waals surface area contributed by atoms with Crippen molar-refractivity contribution in [3.63, 3.8) is 0 Å². The van der Waals surface area contributed by atoms with Crippen LogP contribution in [0, 0.1) is 11.8 Å². The van der Waals surface area contributed by atoms with Gasteiger partial charge < -0.3 is 20.3 Å². The van der Waals surface area contributed by atoms with Gasteiger partial charge in [0, 0.05) is 18.1 Å². The van der Waals surface area contributed by atoms with Crippen LogP contribution < -0.4 is 10.6 Å². The van der Waals surface area contributed by atoms with Gasteiger partial charge in [-0.2, -0.15) is 0 Å². The summed E-state index contributed by atoms with van der Waals surface area (Å²) in [6.07, 6.45) is 16.0. The minimum absolute atomic E-state index is 0.0538. The van der Waals surface area contributed by atoms with E-state index in [4.69, 9.17) is 4.74 Å². The summed E-state index contributed by atoms with van der Waals surface area (Å²) in [5.74, 6) is -1.36. The van der Waals surface area contributed by atoms with Gasteiger partial charge in [0.25, 0.3) is 0 Å². The predicted molar refractivity (Wildman–Crippen MR) is 117 cm³/mol. The summed E-state index contributed by atoms with van der Waals surface area (Å²) in [6.45, 7) is 0. The first kappa shape index (κ1) is 20.7. The number of fused-ring (bicyclic) bond motifs is 1. The number of likely N-dealkylation sites (tertiary alicyclic amines) is 1. The van der Waals surface area contributed by atoms with Gasteiger partial charge >= 0.3 is 0 Å². The molecule has 3 aliphatic carbocycles. The maximum atomic E-state index is 13.9. The molecule has 2 bridgehead atoms. The summed E-state index contributed by atoms with van der Waals surface area (Å²) < 4.78 is 6.45. The molecular weight excluding hydrogens is 406 g/mol. The zero-order valence-corrected chi connectivity index (χ0v) is 18.8. The van der Waals surface area contributed by atoms with Gasteiger partial charge in [0.1, 0.15) is 11.6 Å². The van der Waals surface area contributed by atoms with Crippen molar-refractivity contribution in [3.8, 4) is 0 Å². The Balaban J connectivity index is 1.31. The van der Waals surface area contributed by atoms with Crippen LogP contribution in [-0.4, -0.2) is 58.5 Å². The number of ether oxygens (including phenoxy) is 1. The van der Waals surface area contributed by atoms with E-state index < -0.39 is 29.6 Å². The molecule has 7 heteroatoms. The Kier molecular flexibility index (Phi) is 5.08. The van der Waals surface area contributed by atoms with Gasteiger partial charge in [0.2, 0.25) is 17.7 Å². The van der Waals surface area contributed by atoms with Crippen molar-refractivity contribution in [2.75, 3.05) is 0 Å². The molecule has 1 spiro atoms. The van der Waals surface area contributed by atoms with Gasteiger partial charge in [0.15, 0.2) is 0 Å². The number of hydrogen-bond acceptors (Lipinski definition) is 4. The normalized spacial score (nSPS) is 39.4. The van der Waals surface area contributed by atoms with Crippen LogP contribution in [0.3, 0.4) is 0 Å². The Bertz CT molecular complexity index is 825. The molecule has 5 fully saturated rings. The second-order valence-corrected chi connectivity index (χ2v) is 10.9. The Morgan fingerprint density at radius 1 is 0.875 bits per heavy atom. The Morgan fingerprint density at radius 3 is 2.06 bits per heavy atom.